The number of fused-ring (bicyclic) bond motifs is 5. The smallest absolute Gasteiger partial charge is 0.283 e. The molecule has 3 heterocycles. The van der Waals surface area contributed by atoms with E-state index in [1.54, 1.807) is 13.3 Å². The number of carbonyl (C=O) groups is 3. The van der Waals surface area contributed by atoms with E-state index in [1.807, 2.05) is 59.3 Å². The topological polar surface area (TPSA) is 128 Å². The molecule has 0 fully saturated rings. The molecule has 0 saturated carbocycles. The molecule has 1 aliphatic heterocycles. The molecule has 2 aliphatic rings. The quantitative estimate of drug-likeness (QED) is 0.348. The van der Waals surface area contributed by atoms with Crippen LogP contribution in [0.5, 0.6) is 11.5 Å². The van der Waals surface area contributed by atoms with E-state index < -0.39 is 11.9 Å². The number of aryl methyl sites for hydroxylation is 2. The first-order valence-corrected chi connectivity index (χ1v) is 16.5. The van der Waals surface area contributed by atoms with Gasteiger partial charge in [-0.15, -0.1) is 11.3 Å². The Labute approximate surface area is 272 Å². The highest BCUT2D eigenvalue weighted by molar-refractivity contribution is 7.13. The Morgan fingerprint density at radius 2 is 1.93 bits per heavy atom. The van der Waals surface area contributed by atoms with Crippen molar-refractivity contribution in [2.75, 3.05) is 33.4 Å². The van der Waals surface area contributed by atoms with Gasteiger partial charge in [-0.25, -0.2) is 9.97 Å². The summed E-state index contributed by atoms with van der Waals surface area (Å²) < 4.78 is 13.7. The first-order valence-electron chi connectivity index (χ1n) is 15.7. The fraction of sp³-hybridized carbons (Fsp3) is 0.382. The Morgan fingerprint density at radius 3 is 2.76 bits per heavy atom. The van der Waals surface area contributed by atoms with E-state index in [0.29, 0.717) is 42.4 Å². The highest BCUT2D eigenvalue weighted by Crippen LogP contribution is 2.32. The van der Waals surface area contributed by atoms with Gasteiger partial charge < -0.3 is 29.6 Å². The number of nitrogens with one attached hydrogen (secondary N) is 2. The molecule has 0 unspecified atom stereocenters. The second-order valence-electron chi connectivity index (χ2n) is 11.4. The number of carbonyl (C=O) groups excluding carboxylic acids is 3. The number of ether oxygens (including phenoxy) is 2. The predicted molar refractivity (Wildman–Crippen MR) is 174 cm³/mol. The average molecular weight is 643 g/mol. The molecule has 12 heteroatoms. The second-order valence-corrected chi connectivity index (χ2v) is 12.5. The van der Waals surface area contributed by atoms with Crippen molar-refractivity contribution < 1.29 is 23.9 Å². The summed E-state index contributed by atoms with van der Waals surface area (Å²) in [7, 11) is 1.58. The number of amides is 3. The van der Waals surface area contributed by atoms with Crippen LogP contribution in [0.1, 0.15) is 45.2 Å². The number of hydrogen-bond acceptors (Lipinski definition) is 8. The van der Waals surface area contributed by atoms with E-state index in [-0.39, 0.29) is 31.5 Å². The van der Waals surface area contributed by atoms with Crippen molar-refractivity contribution in [1.29, 1.82) is 0 Å². The van der Waals surface area contributed by atoms with Gasteiger partial charge >= 0.3 is 0 Å². The molecule has 0 spiro atoms. The van der Waals surface area contributed by atoms with E-state index in [9.17, 15) is 14.4 Å². The molecule has 2 aromatic carbocycles. The van der Waals surface area contributed by atoms with Crippen molar-refractivity contribution in [3.05, 3.63) is 82.1 Å². The predicted octanol–water partition coefficient (Wildman–Crippen LogP) is 3.66. The van der Waals surface area contributed by atoms with Crippen LogP contribution in [0.2, 0.25) is 0 Å². The summed E-state index contributed by atoms with van der Waals surface area (Å²) in [5, 5.41) is 6.29. The van der Waals surface area contributed by atoms with Crippen LogP contribution in [0.25, 0.3) is 11.4 Å². The van der Waals surface area contributed by atoms with Gasteiger partial charge in [-0.05, 0) is 55.9 Å². The summed E-state index contributed by atoms with van der Waals surface area (Å²) in [4.78, 5) is 52.7. The van der Waals surface area contributed by atoms with Gasteiger partial charge in [0, 0.05) is 48.9 Å². The maximum absolute atomic E-state index is 13.8. The molecule has 1 atom stereocenters. The van der Waals surface area contributed by atoms with E-state index in [1.165, 1.54) is 16.2 Å². The van der Waals surface area contributed by atoms with Gasteiger partial charge in [0.05, 0.1) is 26.0 Å². The van der Waals surface area contributed by atoms with Gasteiger partial charge in [-0.1, -0.05) is 30.3 Å². The lowest BCUT2D eigenvalue weighted by Gasteiger charge is -2.24. The van der Waals surface area contributed by atoms with Crippen LogP contribution < -0.4 is 20.1 Å². The fourth-order valence-corrected chi connectivity index (χ4v) is 6.96. The van der Waals surface area contributed by atoms with Gasteiger partial charge in [-0.2, -0.15) is 0 Å². The minimum absolute atomic E-state index is 0.209. The van der Waals surface area contributed by atoms with Crippen LogP contribution in [-0.2, 0) is 35.4 Å². The molecule has 2 bridgehead atoms. The van der Waals surface area contributed by atoms with Crippen molar-refractivity contribution in [3.8, 4) is 22.9 Å². The first-order chi connectivity index (χ1) is 22.5. The minimum Gasteiger partial charge on any atom is -0.493 e. The minimum atomic E-state index is -0.826. The lowest BCUT2D eigenvalue weighted by molar-refractivity contribution is -0.129. The van der Waals surface area contributed by atoms with Crippen molar-refractivity contribution in [3.63, 3.8) is 0 Å². The molecule has 4 aromatic rings. The Balaban J connectivity index is 1.28. The zero-order valence-electron chi connectivity index (χ0n) is 25.9. The van der Waals surface area contributed by atoms with Crippen LogP contribution in [0.15, 0.2) is 60.9 Å². The molecule has 11 nitrogen and oxygen atoms in total. The Kier molecular flexibility index (Phi) is 9.92. The van der Waals surface area contributed by atoms with Crippen molar-refractivity contribution in [2.24, 2.45) is 0 Å². The van der Waals surface area contributed by atoms with Crippen molar-refractivity contribution in [2.45, 2.75) is 51.1 Å². The van der Waals surface area contributed by atoms with Gasteiger partial charge in [0.15, 0.2) is 16.5 Å². The van der Waals surface area contributed by atoms with E-state index in [2.05, 4.69) is 20.6 Å². The number of imidazole rings is 1. The summed E-state index contributed by atoms with van der Waals surface area (Å²) in [6.45, 7) is 1.13. The summed E-state index contributed by atoms with van der Waals surface area (Å²) in [6, 6.07) is 14.4. The maximum Gasteiger partial charge on any atom is 0.283 e. The summed E-state index contributed by atoms with van der Waals surface area (Å²) in [5.74, 6) is 0.841. The van der Waals surface area contributed by atoms with E-state index >= 15 is 0 Å². The summed E-state index contributed by atoms with van der Waals surface area (Å²) >= 11 is 1.42. The van der Waals surface area contributed by atoms with Gasteiger partial charge in [0.1, 0.15) is 11.9 Å². The third kappa shape index (κ3) is 7.39. The average Bonchev–Trinajstić information content (AvgIpc) is 3.73. The standard InChI is InChI=1S/C34H38N6O5S/c1-44-27-13-12-24-21-28(27)45-19-7-16-40(34(43)33-38-25-10-5-6-11-29(25)46-33)22-30(41)37-26(20-23-8-3-2-4-9-23)32(42)36-15-18-39-17-14-35-31(24)39/h2-4,8-9,12-14,17,21,26H,5-7,10-11,15-16,18-20,22H2,1H3,(H,36,42)(H,37,41)/t26-/m0/s1. The third-order valence-corrected chi connectivity index (χ3v) is 9.35. The largest absolute Gasteiger partial charge is 0.493 e. The fourth-order valence-electron chi connectivity index (χ4n) is 5.84. The van der Waals surface area contributed by atoms with Crippen molar-refractivity contribution in [1.82, 2.24) is 30.1 Å². The highest BCUT2D eigenvalue weighted by atomic mass is 32.1. The molecule has 46 heavy (non-hydrogen) atoms. The number of benzene rings is 2. The lowest BCUT2D eigenvalue weighted by atomic mass is 10.0. The van der Waals surface area contributed by atoms with Crippen LogP contribution in [-0.4, -0.2) is 76.5 Å². The van der Waals surface area contributed by atoms with Crippen LogP contribution >= 0.6 is 11.3 Å². The lowest BCUT2D eigenvalue weighted by Crippen LogP contribution is -2.51. The van der Waals surface area contributed by atoms with Crippen LogP contribution in [0.3, 0.4) is 0 Å². The summed E-state index contributed by atoms with van der Waals surface area (Å²) in [6.07, 6.45) is 8.28. The zero-order chi connectivity index (χ0) is 31.9. The number of thiazole rings is 1. The molecule has 2 N–H and O–H groups in total. The molecule has 6 rings (SSSR count). The number of hydrogen-bond donors (Lipinski definition) is 2. The molecule has 3 amide bonds. The number of methoxy groups -OCH3 is 1. The molecule has 2 aromatic heterocycles. The van der Waals surface area contributed by atoms with Gasteiger partial charge in [0.2, 0.25) is 11.8 Å². The summed E-state index contributed by atoms with van der Waals surface area (Å²) in [5.41, 5.74) is 2.74. The monoisotopic (exact) mass is 642 g/mol. The van der Waals surface area contributed by atoms with Crippen LogP contribution in [0, 0.1) is 0 Å². The normalized spacial score (nSPS) is 17.8. The van der Waals surface area contributed by atoms with E-state index in [4.69, 9.17) is 9.47 Å². The third-order valence-electron chi connectivity index (χ3n) is 8.20. The Hall–Kier alpha value is -4.71. The number of rotatable bonds is 4. The number of nitrogens with zero attached hydrogens (tertiary/aromatic N) is 4. The number of aromatic nitrogens is 3. The highest BCUT2D eigenvalue weighted by Gasteiger charge is 2.27. The molecular formula is C34H38N6O5S. The molecule has 0 radical (unpaired) electrons. The van der Waals surface area contributed by atoms with Crippen LogP contribution in [0.4, 0.5) is 0 Å². The molecule has 240 valence electrons. The zero-order valence-corrected chi connectivity index (χ0v) is 26.7. The van der Waals surface area contributed by atoms with Gasteiger partial charge in [-0.3, -0.25) is 14.4 Å². The second kappa shape index (κ2) is 14.6. The molecule has 1 aliphatic carbocycles. The van der Waals surface area contributed by atoms with E-state index in [0.717, 1.165) is 53.2 Å². The van der Waals surface area contributed by atoms with Crippen molar-refractivity contribution >= 4 is 29.1 Å². The SMILES string of the molecule is COc1ccc2cc1OCCCN(C(=O)c1nc3c(s1)CCCC3)CC(=O)N[C@@H](Cc1ccccc1)C(=O)NCCn1ccnc1-2. The first kappa shape index (κ1) is 31.3. The Bertz CT molecular complexity index is 1660. The molecule has 0 saturated heterocycles. The Morgan fingerprint density at radius 1 is 1.09 bits per heavy atom. The maximum atomic E-state index is 13.8. The van der Waals surface area contributed by atoms with Gasteiger partial charge in [0.25, 0.3) is 5.91 Å². The molecular weight excluding hydrogens is 604 g/mol.